The molecule has 1 aliphatic carbocycles. The number of thiophene rings is 1. The van der Waals surface area contributed by atoms with E-state index in [1.807, 2.05) is 0 Å². The van der Waals surface area contributed by atoms with Crippen molar-refractivity contribution in [1.29, 1.82) is 0 Å². The first-order valence-corrected chi connectivity index (χ1v) is 10.1. The van der Waals surface area contributed by atoms with Gasteiger partial charge in [-0.2, -0.15) is 13.2 Å². The van der Waals surface area contributed by atoms with E-state index >= 15 is 0 Å². The summed E-state index contributed by atoms with van der Waals surface area (Å²) in [5.74, 6) is -3.73. The van der Waals surface area contributed by atoms with E-state index in [2.05, 4.69) is 5.32 Å². The van der Waals surface area contributed by atoms with Gasteiger partial charge in [-0.3, -0.25) is 14.5 Å². The molecule has 156 valence electrons. The van der Waals surface area contributed by atoms with Crippen molar-refractivity contribution in [2.75, 3.05) is 4.90 Å². The number of halogens is 4. The largest absolute Gasteiger partial charge is 0.471 e. The highest BCUT2D eigenvalue weighted by Gasteiger charge is 2.48. The minimum absolute atomic E-state index is 0.158. The lowest BCUT2D eigenvalue weighted by Gasteiger charge is -2.33. The molecule has 0 spiro atoms. The molecular formula is C20H20F4N2O2S. The van der Waals surface area contributed by atoms with Gasteiger partial charge in [0.25, 0.3) is 0 Å². The summed E-state index contributed by atoms with van der Waals surface area (Å²) in [5.41, 5.74) is -0.329. The van der Waals surface area contributed by atoms with E-state index in [4.69, 9.17) is 0 Å². The molecule has 29 heavy (non-hydrogen) atoms. The molecule has 1 heterocycles. The van der Waals surface area contributed by atoms with Crippen molar-refractivity contribution in [2.45, 2.75) is 50.4 Å². The third-order valence-corrected chi connectivity index (χ3v) is 5.74. The number of carbonyl (C=O) groups is 2. The van der Waals surface area contributed by atoms with Gasteiger partial charge in [-0.05, 0) is 42.5 Å². The van der Waals surface area contributed by atoms with Gasteiger partial charge in [0, 0.05) is 16.6 Å². The normalized spacial score (nSPS) is 16.3. The van der Waals surface area contributed by atoms with Gasteiger partial charge >= 0.3 is 12.1 Å². The second-order valence-electron chi connectivity index (χ2n) is 6.91. The Bertz CT molecular complexity index is 848. The standard InChI is InChI=1S/C20H20F4N2O2S/c21-13-6-4-9-15(12-13)26(19(28)20(22,23)24)17(16-10-5-11-29-16)18(27)25-14-7-2-1-3-8-14/h4-6,9-12,14,17H,1-3,7-8H2,(H,25,27)/t17-/m1/s1. The van der Waals surface area contributed by atoms with E-state index in [1.165, 1.54) is 18.2 Å². The molecule has 1 aliphatic rings. The van der Waals surface area contributed by atoms with Crippen molar-refractivity contribution in [3.05, 3.63) is 52.5 Å². The molecule has 0 bridgehead atoms. The molecule has 1 fully saturated rings. The van der Waals surface area contributed by atoms with Gasteiger partial charge in [-0.15, -0.1) is 11.3 Å². The van der Waals surface area contributed by atoms with Crippen LogP contribution in [0, 0.1) is 5.82 Å². The Balaban J connectivity index is 2.02. The van der Waals surface area contributed by atoms with Gasteiger partial charge in [-0.1, -0.05) is 31.4 Å². The van der Waals surface area contributed by atoms with Crippen molar-refractivity contribution < 1.29 is 27.2 Å². The molecule has 3 rings (SSSR count). The first-order chi connectivity index (χ1) is 13.8. The number of alkyl halides is 3. The van der Waals surface area contributed by atoms with Crippen LogP contribution in [0.25, 0.3) is 0 Å². The molecule has 1 aromatic heterocycles. The van der Waals surface area contributed by atoms with Gasteiger partial charge in [0.1, 0.15) is 5.82 Å². The fraction of sp³-hybridized carbons (Fsp3) is 0.400. The maximum Gasteiger partial charge on any atom is 0.471 e. The molecule has 2 amide bonds. The quantitative estimate of drug-likeness (QED) is 0.684. The summed E-state index contributed by atoms with van der Waals surface area (Å²) < 4.78 is 53.9. The highest BCUT2D eigenvalue weighted by Crippen LogP contribution is 2.35. The van der Waals surface area contributed by atoms with Crippen molar-refractivity contribution in [3.63, 3.8) is 0 Å². The third kappa shape index (κ3) is 5.14. The predicted molar refractivity (Wildman–Crippen MR) is 102 cm³/mol. The topological polar surface area (TPSA) is 49.4 Å². The van der Waals surface area contributed by atoms with Crippen LogP contribution in [-0.4, -0.2) is 24.0 Å². The summed E-state index contributed by atoms with van der Waals surface area (Å²) in [4.78, 5) is 26.0. The fourth-order valence-corrected chi connectivity index (χ4v) is 4.31. The minimum atomic E-state index is -5.23. The zero-order chi connectivity index (χ0) is 21.0. The van der Waals surface area contributed by atoms with E-state index in [1.54, 1.807) is 11.4 Å². The number of nitrogens with one attached hydrogen (secondary N) is 1. The van der Waals surface area contributed by atoms with Crippen LogP contribution in [-0.2, 0) is 9.59 Å². The van der Waals surface area contributed by atoms with Crippen LogP contribution in [0.4, 0.5) is 23.2 Å². The Morgan fingerprint density at radius 2 is 1.83 bits per heavy atom. The Kier molecular flexibility index (Phi) is 6.56. The molecule has 2 aromatic rings. The summed E-state index contributed by atoms with van der Waals surface area (Å²) in [6.07, 6.45) is -0.880. The van der Waals surface area contributed by atoms with Crippen molar-refractivity contribution in [2.24, 2.45) is 0 Å². The molecular weight excluding hydrogens is 408 g/mol. The molecule has 1 N–H and O–H groups in total. The molecule has 1 saturated carbocycles. The first kappa shape index (κ1) is 21.3. The number of hydrogen-bond donors (Lipinski definition) is 1. The molecule has 0 aliphatic heterocycles. The van der Waals surface area contributed by atoms with Gasteiger partial charge in [-0.25, -0.2) is 4.39 Å². The lowest BCUT2D eigenvalue weighted by molar-refractivity contribution is -0.171. The van der Waals surface area contributed by atoms with Gasteiger partial charge in [0.15, 0.2) is 6.04 Å². The smallest absolute Gasteiger partial charge is 0.351 e. The highest BCUT2D eigenvalue weighted by molar-refractivity contribution is 7.10. The summed E-state index contributed by atoms with van der Waals surface area (Å²) in [7, 11) is 0. The van der Waals surface area contributed by atoms with Crippen molar-refractivity contribution in [3.8, 4) is 0 Å². The number of anilines is 1. The number of amides is 2. The minimum Gasteiger partial charge on any atom is -0.351 e. The Labute approximate surface area is 169 Å². The first-order valence-electron chi connectivity index (χ1n) is 9.27. The van der Waals surface area contributed by atoms with Crippen LogP contribution in [0.1, 0.15) is 43.0 Å². The van der Waals surface area contributed by atoms with E-state index in [0.717, 1.165) is 55.6 Å². The van der Waals surface area contributed by atoms with Crippen LogP contribution in [0.5, 0.6) is 0 Å². The second kappa shape index (κ2) is 8.94. The zero-order valence-electron chi connectivity index (χ0n) is 15.4. The monoisotopic (exact) mass is 428 g/mol. The van der Waals surface area contributed by atoms with Gasteiger partial charge in [0.05, 0.1) is 0 Å². The molecule has 9 heteroatoms. The Morgan fingerprint density at radius 1 is 1.10 bits per heavy atom. The molecule has 1 atom stereocenters. The number of nitrogens with zero attached hydrogens (tertiary/aromatic N) is 1. The molecule has 1 aromatic carbocycles. The van der Waals surface area contributed by atoms with Crippen LogP contribution < -0.4 is 10.2 Å². The maximum absolute atomic E-state index is 13.7. The molecule has 0 saturated heterocycles. The summed E-state index contributed by atoms with van der Waals surface area (Å²) in [5, 5.41) is 4.40. The number of carbonyl (C=O) groups excluding carboxylic acids is 2. The van der Waals surface area contributed by atoms with E-state index < -0.39 is 29.8 Å². The summed E-state index contributed by atoms with van der Waals surface area (Å²) in [6.45, 7) is 0. The lowest BCUT2D eigenvalue weighted by atomic mass is 9.95. The second-order valence-corrected chi connectivity index (χ2v) is 7.89. The van der Waals surface area contributed by atoms with Crippen LogP contribution in [0.15, 0.2) is 41.8 Å². The lowest BCUT2D eigenvalue weighted by Crippen LogP contribution is -2.50. The van der Waals surface area contributed by atoms with E-state index in [9.17, 15) is 27.2 Å². The zero-order valence-corrected chi connectivity index (χ0v) is 16.2. The number of hydrogen-bond acceptors (Lipinski definition) is 3. The Morgan fingerprint density at radius 3 is 2.41 bits per heavy atom. The third-order valence-electron chi connectivity index (χ3n) is 4.82. The average Bonchev–Trinajstić information content (AvgIpc) is 3.19. The summed E-state index contributed by atoms with van der Waals surface area (Å²) >= 11 is 1.06. The van der Waals surface area contributed by atoms with Gasteiger partial charge in [0.2, 0.25) is 5.91 Å². The number of benzene rings is 1. The Hall–Kier alpha value is -2.42. The molecule has 0 unspecified atom stereocenters. The van der Waals surface area contributed by atoms with Crippen molar-refractivity contribution in [1.82, 2.24) is 5.32 Å². The van der Waals surface area contributed by atoms with Crippen LogP contribution in [0.3, 0.4) is 0 Å². The van der Waals surface area contributed by atoms with E-state index in [0.29, 0.717) is 4.90 Å². The number of rotatable bonds is 5. The van der Waals surface area contributed by atoms with Crippen LogP contribution in [0.2, 0.25) is 0 Å². The molecule has 4 nitrogen and oxygen atoms in total. The molecule has 0 radical (unpaired) electrons. The van der Waals surface area contributed by atoms with Gasteiger partial charge < -0.3 is 5.32 Å². The van der Waals surface area contributed by atoms with Crippen molar-refractivity contribution >= 4 is 28.8 Å². The maximum atomic E-state index is 13.7. The van der Waals surface area contributed by atoms with Crippen LogP contribution >= 0.6 is 11.3 Å². The summed E-state index contributed by atoms with van der Waals surface area (Å²) in [6, 6.07) is 5.63. The average molecular weight is 428 g/mol. The predicted octanol–water partition coefficient (Wildman–Crippen LogP) is 4.97. The highest BCUT2D eigenvalue weighted by atomic mass is 32.1. The SMILES string of the molecule is O=C(NC1CCCCC1)[C@@H](c1cccs1)N(C(=O)C(F)(F)F)c1cccc(F)c1. The fourth-order valence-electron chi connectivity index (χ4n) is 3.49. The van der Waals surface area contributed by atoms with E-state index in [-0.39, 0.29) is 16.6 Å².